The molecule has 4 aromatic rings. The number of benzene rings is 4. The van der Waals surface area contributed by atoms with E-state index in [1.165, 1.54) is 0 Å². The summed E-state index contributed by atoms with van der Waals surface area (Å²) in [4.78, 5) is 44.6. The molecule has 2 amide bonds. The first kappa shape index (κ1) is 38.0. The van der Waals surface area contributed by atoms with Gasteiger partial charge >= 0.3 is 19.2 Å². The molecule has 10 heteroatoms. The van der Waals surface area contributed by atoms with Gasteiger partial charge in [0, 0.05) is 18.9 Å². The molecular weight excluding hydrogens is 703 g/mol. The van der Waals surface area contributed by atoms with Gasteiger partial charge in [0.15, 0.2) is 0 Å². The Bertz CT molecular complexity index is 1940. The lowest BCUT2D eigenvalue weighted by atomic mass is 9.43. The lowest BCUT2D eigenvalue weighted by molar-refractivity contribution is -0.199. The van der Waals surface area contributed by atoms with Gasteiger partial charge in [0.1, 0.15) is 24.7 Å². The van der Waals surface area contributed by atoms with Crippen molar-refractivity contribution in [3.05, 3.63) is 144 Å². The van der Waals surface area contributed by atoms with Crippen molar-refractivity contribution in [2.45, 2.75) is 95.2 Å². The zero-order chi connectivity index (χ0) is 38.9. The summed E-state index contributed by atoms with van der Waals surface area (Å²) in [5.41, 5.74) is 3.19. The number of esters is 1. The van der Waals surface area contributed by atoms with E-state index in [0.717, 1.165) is 35.1 Å². The average Bonchev–Trinajstić information content (AvgIpc) is 3.86. The van der Waals surface area contributed by atoms with Crippen LogP contribution in [0.3, 0.4) is 0 Å². The Labute approximate surface area is 330 Å². The number of rotatable bonds is 12. The Morgan fingerprint density at radius 1 is 0.821 bits per heavy atom. The first-order valence-electron chi connectivity index (χ1n) is 20.1. The normalized spacial score (nSPS) is 25.8. The van der Waals surface area contributed by atoms with Crippen LogP contribution in [0.1, 0.15) is 74.6 Å². The number of carbonyl (C=O) groups is 3. The molecule has 2 heterocycles. The highest BCUT2D eigenvalue weighted by Gasteiger charge is 2.69. The van der Waals surface area contributed by atoms with Crippen LogP contribution in [-0.4, -0.2) is 66.3 Å². The van der Waals surface area contributed by atoms with Gasteiger partial charge < -0.3 is 29.0 Å². The summed E-state index contributed by atoms with van der Waals surface area (Å²) >= 11 is 0. The van der Waals surface area contributed by atoms with E-state index in [4.69, 9.17) is 18.8 Å². The molecule has 0 spiro atoms. The molecular formula is C46H51BN2O7. The van der Waals surface area contributed by atoms with Crippen LogP contribution < -0.4 is 5.32 Å². The molecule has 5 fully saturated rings. The Morgan fingerprint density at radius 2 is 1.41 bits per heavy atom. The molecule has 5 aliphatic rings. The molecule has 0 aromatic heterocycles. The molecule has 56 heavy (non-hydrogen) atoms. The Kier molecular flexibility index (Phi) is 10.8. The highest BCUT2D eigenvalue weighted by Crippen LogP contribution is 2.65. The minimum atomic E-state index is -1.09. The second-order valence-corrected chi connectivity index (χ2v) is 16.7. The van der Waals surface area contributed by atoms with E-state index in [1.807, 2.05) is 121 Å². The molecule has 2 bridgehead atoms. The molecule has 4 aromatic carbocycles. The quantitative estimate of drug-likeness (QED) is 0.118. The van der Waals surface area contributed by atoms with Gasteiger partial charge in [-0.1, -0.05) is 135 Å². The smallest absolute Gasteiger partial charge is 0.463 e. The van der Waals surface area contributed by atoms with E-state index in [0.29, 0.717) is 37.6 Å². The molecule has 9 rings (SSSR count). The third kappa shape index (κ3) is 7.49. The lowest BCUT2D eigenvalue weighted by Gasteiger charge is -2.64. The summed E-state index contributed by atoms with van der Waals surface area (Å²) < 4.78 is 25.6. The van der Waals surface area contributed by atoms with Gasteiger partial charge in [0.25, 0.3) is 0 Å². The molecule has 3 saturated carbocycles. The average molecular weight is 755 g/mol. The maximum atomic E-state index is 15.0. The second kappa shape index (κ2) is 15.9. The van der Waals surface area contributed by atoms with Gasteiger partial charge in [-0.25, -0.2) is 9.59 Å². The molecule has 290 valence electrons. The van der Waals surface area contributed by atoms with Crippen LogP contribution in [0, 0.1) is 17.3 Å². The number of amides is 2. The van der Waals surface area contributed by atoms with Crippen molar-refractivity contribution >= 4 is 25.1 Å². The SMILES string of the molecule is CC1(C)C2CC3OB(C(Cc4ccccc4)OC(=O)[C@@H]4CCCN4C(=O)C(NC(=O)OCc4ccccc4)C(c4ccccc4)c4ccccc4)O[C@@]3(C)[C@H]1C2. The van der Waals surface area contributed by atoms with Gasteiger partial charge in [-0.2, -0.15) is 0 Å². The maximum absolute atomic E-state index is 15.0. The number of hydrogen-bond donors (Lipinski definition) is 1. The highest BCUT2D eigenvalue weighted by atomic mass is 16.7. The van der Waals surface area contributed by atoms with Gasteiger partial charge in [-0.05, 0) is 72.1 Å². The lowest BCUT2D eigenvalue weighted by Crippen LogP contribution is -2.65. The van der Waals surface area contributed by atoms with E-state index < -0.39 is 48.8 Å². The Hall–Kier alpha value is -4.93. The minimum Gasteiger partial charge on any atom is -0.463 e. The summed E-state index contributed by atoms with van der Waals surface area (Å²) in [6.07, 6.45) is 2.67. The van der Waals surface area contributed by atoms with E-state index >= 15 is 4.79 Å². The number of ether oxygens (including phenoxy) is 2. The molecule has 1 N–H and O–H groups in total. The van der Waals surface area contributed by atoms with E-state index in [1.54, 1.807) is 4.90 Å². The van der Waals surface area contributed by atoms with E-state index in [-0.39, 0.29) is 24.0 Å². The summed E-state index contributed by atoms with van der Waals surface area (Å²) in [7, 11) is -0.746. The van der Waals surface area contributed by atoms with Crippen molar-refractivity contribution in [3.63, 3.8) is 0 Å². The summed E-state index contributed by atoms with van der Waals surface area (Å²) in [6.45, 7) is 7.18. The molecule has 3 aliphatic carbocycles. The standard InChI is InChI=1S/C46H51BN2O7/c1-45(2)35-28-37(45)46(3)38(29-35)55-47(56-46)39(27-31-17-8-4-9-18-31)54-43(51)36-25-16-26-49(36)42(50)41(48-44(52)53-30-32-19-10-5-11-20-32)40(33-21-12-6-13-22-33)34-23-14-7-15-24-34/h4-15,17-24,35-41H,16,25-30H2,1-3H3,(H,48,52)/t35?,36-,37-,38?,39?,41?,46-/m0/s1. The fraction of sp³-hybridized carbons (Fsp3) is 0.413. The van der Waals surface area contributed by atoms with Gasteiger partial charge in [0.2, 0.25) is 5.91 Å². The van der Waals surface area contributed by atoms with Crippen molar-refractivity contribution in [2.24, 2.45) is 17.3 Å². The number of alkyl carbamates (subject to hydrolysis) is 1. The van der Waals surface area contributed by atoms with Crippen molar-refractivity contribution in [1.82, 2.24) is 10.2 Å². The fourth-order valence-corrected chi connectivity index (χ4v) is 9.86. The fourth-order valence-electron chi connectivity index (χ4n) is 9.86. The summed E-state index contributed by atoms with van der Waals surface area (Å²) in [5.74, 6) is -0.529. The van der Waals surface area contributed by atoms with Crippen molar-refractivity contribution < 1.29 is 33.2 Å². The predicted molar refractivity (Wildman–Crippen MR) is 213 cm³/mol. The largest absolute Gasteiger partial charge is 0.502 e. The topological polar surface area (TPSA) is 103 Å². The first-order valence-corrected chi connectivity index (χ1v) is 20.1. The van der Waals surface area contributed by atoms with Crippen LogP contribution in [0.2, 0.25) is 0 Å². The monoisotopic (exact) mass is 754 g/mol. The van der Waals surface area contributed by atoms with Crippen molar-refractivity contribution in [1.29, 1.82) is 0 Å². The maximum Gasteiger partial charge on any atom is 0.502 e. The third-order valence-corrected chi connectivity index (χ3v) is 13.0. The molecule has 0 radical (unpaired) electrons. The van der Waals surface area contributed by atoms with E-state index in [9.17, 15) is 9.59 Å². The minimum absolute atomic E-state index is 0.0422. The zero-order valence-corrected chi connectivity index (χ0v) is 32.4. The van der Waals surface area contributed by atoms with Gasteiger partial charge in [-0.3, -0.25) is 4.79 Å². The molecule has 2 aliphatic heterocycles. The number of nitrogens with zero attached hydrogens (tertiary/aromatic N) is 1. The highest BCUT2D eigenvalue weighted by molar-refractivity contribution is 6.47. The summed E-state index contributed by atoms with van der Waals surface area (Å²) in [6, 6.07) is 35.9. The molecule has 4 unspecified atom stereocenters. The molecule has 2 saturated heterocycles. The van der Waals surface area contributed by atoms with Gasteiger partial charge in [0.05, 0.1) is 11.7 Å². The number of nitrogens with one attached hydrogen (secondary N) is 1. The third-order valence-electron chi connectivity index (χ3n) is 13.0. The van der Waals surface area contributed by atoms with Crippen LogP contribution in [-0.2, 0) is 41.4 Å². The van der Waals surface area contributed by atoms with Crippen molar-refractivity contribution in [2.75, 3.05) is 6.54 Å². The Morgan fingerprint density at radius 3 is 2.02 bits per heavy atom. The Balaban J connectivity index is 1.06. The van der Waals surface area contributed by atoms with Crippen LogP contribution in [0.25, 0.3) is 0 Å². The summed E-state index contributed by atoms with van der Waals surface area (Å²) in [5, 5.41) is 2.94. The second-order valence-electron chi connectivity index (χ2n) is 16.7. The zero-order valence-electron chi connectivity index (χ0n) is 32.4. The van der Waals surface area contributed by atoms with Crippen molar-refractivity contribution in [3.8, 4) is 0 Å². The van der Waals surface area contributed by atoms with Crippen LogP contribution in [0.15, 0.2) is 121 Å². The number of hydrogen-bond acceptors (Lipinski definition) is 7. The first-order chi connectivity index (χ1) is 27.1. The van der Waals surface area contributed by atoms with Crippen LogP contribution in [0.4, 0.5) is 4.79 Å². The van der Waals surface area contributed by atoms with Crippen LogP contribution in [0.5, 0.6) is 0 Å². The van der Waals surface area contributed by atoms with E-state index in [2.05, 4.69) is 26.1 Å². The number of carbonyl (C=O) groups excluding carboxylic acids is 3. The molecule has 9 nitrogen and oxygen atoms in total. The predicted octanol–water partition coefficient (Wildman–Crippen LogP) is 7.53. The molecule has 7 atom stereocenters. The number of likely N-dealkylation sites (tertiary alicyclic amines) is 1. The van der Waals surface area contributed by atoms with Gasteiger partial charge in [-0.15, -0.1) is 0 Å². The van der Waals surface area contributed by atoms with Crippen LogP contribution >= 0.6 is 0 Å².